The number of rotatable bonds is 2. The molecule has 0 radical (unpaired) electrons. The van der Waals surface area contributed by atoms with Crippen LogP contribution in [-0.4, -0.2) is 24.2 Å². The van der Waals surface area contributed by atoms with Crippen LogP contribution in [-0.2, 0) is 0 Å². The number of allylic oxidation sites excluding steroid dienone is 2. The molecule has 1 aliphatic rings. The number of hydrogen-bond donors (Lipinski definition) is 1. The summed E-state index contributed by atoms with van der Waals surface area (Å²) in [5.41, 5.74) is 7.64. The molecule has 0 saturated heterocycles. The Bertz CT molecular complexity index is 298. The van der Waals surface area contributed by atoms with E-state index in [4.69, 9.17) is 5.73 Å². The van der Waals surface area contributed by atoms with Crippen LogP contribution in [0.2, 0.25) is 0 Å². The molecule has 0 fully saturated rings. The van der Waals surface area contributed by atoms with Crippen LogP contribution in [0.1, 0.15) is 13.8 Å². The van der Waals surface area contributed by atoms with E-state index < -0.39 is 5.54 Å². The Kier molecular flexibility index (Phi) is 3.26. The molecule has 1 rings (SSSR count). The monoisotopic (exact) mass is 193 g/mol. The molecule has 0 aromatic heterocycles. The molecule has 0 saturated carbocycles. The van der Waals surface area contributed by atoms with Crippen LogP contribution in [0.15, 0.2) is 35.5 Å². The lowest BCUT2D eigenvalue weighted by atomic mass is 9.99. The molecule has 0 heterocycles. The summed E-state index contributed by atoms with van der Waals surface area (Å²) in [6, 6.07) is 0. The van der Waals surface area contributed by atoms with E-state index in [1.807, 2.05) is 38.2 Å². The topological polar surface area (TPSA) is 52.3 Å². The van der Waals surface area contributed by atoms with Crippen LogP contribution in [0.25, 0.3) is 0 Å². The van der Waals surface area contributed by atoms with E-state index in [0.29, 0.717) is 6.54 Å². The van der Waals surface area contributed by atoms with Crippen molar-refractivity contribution < 1.29 is 0 Å². The van der Waals surface area contributed by atoms with E-state index >= 15 is 0 Å². The van der Waals surface area contributed by atoms with Crippen LogP contribution >= 0.6 is 0 Å². The highest BCUT2D eigenvalue weighted by Crippen LogP contribution is 2.17. The van der Waals surface area contributed by atoms with E-state index in [1.54, 1.807) is 0 Å². The van der Waals surface area contributed by atoms with Gasteiger partial charge in [-0.15, -0.1) is 0 Å². The van der Waals surface area contributed by atoms with Crippen molar-refractivity contribution >= 4 is 0 Å². The SMILES string of the molecule is CC1=CC(C)(N)C=C(CN(C)[O-])C=C1. The summed E-state index contributed by atoms with van der Waals surface area (Å²) < 4.78 is 0. The second-order valence-electron chi connectivity index (χ2n) is 4.09. The number of hydrogen-bond acceptors (Lipinski definition) is 3. The minimum absolute atomic E-state index is 0.379. The van der Waals surface area contributed by atoms with Crippen LogP contribution in [0.5, 0.6) is 0 Å². The van der Waals surface area contributed by atoms with Crippen molar-refractivity contribution in [1.82, 2.24) is 5.06 Å². The summed E-state index contributed by atoms with van der Waals surface area (Å²) in [5, 5.41) is 11.8. The Morgan fingerprint density at radius 2 is 2.07 bits per heavy atom. The maximum Gasteiger partial charge on any atom is 0.0508 e. The molecule has 3 heteroatoms. The molecular weight excluding hydrogens is 176 g/mol. The van der Waals surface area contributed by atoms with Gasteiger partial charge < -0.3 is 16.0 Å². The third-order valence-electron chi connectivity index (χ3n) is 2.00. The highest BCUT2D eigenvalue weighted by Gasteiger charge is 2.14. The molecule has 78 valence electrons. The standard InChI is InChI=1S/C11H17N2O/c1-9-4-5-10(8-13(3)14)7-11(2,12)6-9/h4-7H,8,12H2,1-3H3/q-1. The highest BCUT2D eigenvalue weighted by molar-refractivity contribution is 5.38. The van der Waals surface area contributed by atoms with Crippen molar-refractivity contribution in [2.24, 2.45) is 5.73 Å². The maximum absolute atomic E-state index is 10.9. The maximum atomic E-state index is 10.9. The third kappa shape index (κ3) is 3.46. The number of nitrogens with two attached hydrogens (primary N) is 1. The van der Waals surface area contributed by atoms with Crippen molar-refractivity contribution in [3.8, 4) is 0 Å². The fourth-order valence-electron chi connectivity index (χ4n) is 1.62. The van der Waals surface area contributed by atoms with Crippen LogP contribution in [0, 0.1) is 5.21 Å². The third-order valence-corrected chi connectivity index (χ3v) is 2.00. The molecule has 0 aliphatic heterocycles. The van der Waals surface area contributed by atoms with Gasteiger partial charge in [0.15, 0.2) is 0 Å². The number of nitrogens with zero attached hydrogens (tertiary/aromatic N) is 1. The van der Waals surface area contributed by atoms with Gasteiger partial charge in [-0.3, -0.25) is 0 Å². The van der Waals surface area contributed by atoms with Crippen LogP contribution < -0.4 is 5.73 Å². The van der Waals surface area contributed by atoms with E-state index in [1.165, 1.54) is 7.05 Å². The Hall–Kier alpha value is -0.900. The predicted octanol–water partition coefficient (Wildman–Crippen LogP) is 1.58. The highest BCUT2D eigenvalue weighted by atomic mass is 16.5. The molecule has 0 spiro atoms. The summed E-state index contributed by atoms with van der Waals surface area (Å²) in [6.07, 6.45) is 7.83. The Morgan fingerprint density at radius 1 is 1.43 bits per heavy atom. The molecule has 1 aliphatic carbocycles. The summed E-state index contributed by atoms with van der Waals surface area (Å²) in [7, 11) is 1.51. The van der Waals surface area contributed by atoms with Gasteiger partial charge in [-0.25, -0.2) is 0 Å². The smallest absolute Gasteiger partial charge is 0.0508 e. The van der Waals surface area contributed by atoms with Gasteiger partial charge in [-0.1, -0.05) is 29.9 Å². The molecule has 0 aromatic rings. The molecule has 2 N–H and O–H groups in total. The molecule has 1 atom stereocenters. The van der Waals surface area contributed by atoms with E-state index in [9.17, 15) is 5.21 Å². The fraction of sp³-hybridized carbons (Fsp3) is 0.455. The van der Waals surface area contributed by atoms with Gasteiger partial charge >= 0.3 is 0 Å². The summed E-state index contributed by atoms with van der Waals surface area (Å²) in [5.74, 6) is 0. The van der Waals surface area contributed by atoms with E-state index in [2.05, 4.69) is 0 Å². The summed E-state index contributed by atoms with van der Waals surface area (Å²) >= 11 is 0. The number of hydroxylamine groups is 2. The van der Waals surface area contributed by atoms with Gasteiger partial charge in [0.25, 0.3) is 0 Å². The average Bonchev–Trinajstić information content (AvgIpc) is 2.07. The van der Waals surface area contributed by atoms with Gasteiger partial charge in [0, 0.05) is 6.54 Å². The average molecular weight is 193 g/mol. The van der Waals surface area contributed by atoms with Gasteiger partial charge in [-0.05, 0) is 26.5 Å². The van der Waals surface area contributed by atoms with Gasteiger partial charge in [0.2, 0.25) is 0 Å². The second-order valence-corrected chi connectivity index (χ2v) is 4.09. The van der Waals surface area contributed by atoms with E-state index in [-0.39, 0.29) is 0 Å². The second kappa shape index (κ2) is 4.09. The zero-order valence-electron chi connectivity index (χ0n) is 8.95. The first-order valence-corrected chi connectivity index (χ1v) is 4.65. The molecule has 3 nitrogen and oxygen atoms in total. The molecule has 0 amide bonds. The first kappa shape index (κ1) is 11.2. The lowest BCUT2D eigenvalue weighted by Crippen LogP contribution is -2.32. The van der Waals surface area contributed by atoms with Crippen molar-refractivity contribution in [2.75, 3.05) is 13.6 Å². The zero-order valence-corrected chi connectivity index (χ0v) is 8.95. The van der Waals surface area contributed by atoms with Gasteiger partial charge in [-0.2, -0.15) is 0 Å². The number of likely N-dealkylation sites (N-methyl/N-ethyl adjacent to an activating group) is 1. The normalized spacial score (nSPS) is 27.3. The molecule has 0 bridgehead atoms. The minimum Gasteiger partial charge on any atom is -0.785 e. The Labute approximate surface area is 85.2 Å². The van der Waals surface area contributed by atoms with Crippen molar-refractivity contribution in [1.29, 1.82) is 0 Å². The lowest BCUT2D eigenvalue weighted by molar-refractivity contribution is 0.501. The largest absolute Gasteiger partial charge is 0.785 e. The first-order chi connectivity index (χ1) is 6.39. The van der Waals surface area contributed by atoms with Crippen LogP contribution in [0.4, 0.5) is 0 Å². The predicted molar refractivity (Wildman–Crippen MR) is 59.6 cm³/mol. The van der Waals surface area contributed by atoms with Crippen LogP contribution in [0.3, 0.4) is 0 Å². The fourth-order valence-corrected chi connectivity index (χ4v) is 1.62. The summed E-state index contributed by atoms with van der Waals surface area (Å²) in [4.78, 5) is 0. The molecule has 1 unspecified atom stereocenters. The molecule has 0 aromatic carbocycles. The van der Waals surface area contributed by atoms with Gasteiger partial charge in [0.1, 0.15) is 0 Å². The van der Waals surface area contributed by atoms with Crippen molar-refractivity contribution in [2.45, 2.75) is 19.4 Å². The minimum atomic E-state index is -0.459. The van der Waals surface area contributed by atoms with Crippen molar-refractivity contribution in [3.63, 3.8) is 0 Å². The zero-order chi connectivity index (χ0) is 10.8. The van der Waals surface area contributed by atoms with Crippen molar-refractivity contribution in [3.05, 3.63) is 40.7 Å². The molecule has 14 heavy (non-hydrogen) atoms. The van der Waals surface area contributed by atoms with E-state index in [0.717, 1.165) is 16.2 Å². The van der Waals surface area contributed by atoms with Gasteiger partial charge in [0.05, 0.1) is 5.54 Å². The summed E-state index contributed by atoms with van der Waals surface area (Å²) in [6.45, 7) is 4.30. The Balaban J connectivity index is 2.89. The molecular formula is C11H17N2O-. The first-order valence-electron chi connectivity index (χ1n) is 4.65. The lowest BCUT2D eigenvalue weighted by Gasteiger charge is -2.24. The Morgan fingerprint density at radius 3 is 2.64 bits per heavy atom. The quantitative estimate of drug-likeness (QED) is 0.677.